The molecular weight excluding hydrogens is 278 g/mol. The number of aryl methyl sites for hydroxylation is 2. The van der Waals surface area contributed by atoms with Crippen LogP contribution in [0.1, 0.15) is 37.3 Å². The van der Waals surface area contributed by atoms with E-state index in [1.165, 1.54) is 18.4 Å². The molecular formula is C20H20F2. The molecule has 3 aromatic carbocycles. The zero-order chi connectivity index (χ0) is 15.7. The van der Waals surface area contributed by atoms with Gasteiger partial charge in [0.05, 0.1) is 0 Å². The lowest BCUT2D eigenvalue weighted by Gasteiger charge is -2.08. The normalized spacial score (nSPS) is 11.5. The quantitative estimate of drug-likeness (QED) is 0.391. The molecule has 0 bridgehead atoms. The first kappa shape index (κ1) is 15.0. The zero-order valence-corrected chi connectivity index (χ0v) is 13.0. The van der Waals surface area contributed by atoms with Crippen LogP contribution in [0.2, 0.25) is 0 Å². The van der Waals surface area contributed by atoms with E-state index in [2.05, 4.69) is 25.1 Å². The highest BCUT2D eigenvalue weighted by atomic mass is 19.2. The van der Waals surface area contributed by atoms with Crippen molar-refractivity contribution in [1.82, 2.24) is 0 Å². The molecule has 3 rings (SSSR count). The SMILES string of the molecule is CCCCCc1ccc2cc3cc(C)c(F)c(F)c3cc2c1. The molecule has 0 unspecified atom stereocenters. The van der Waals surface area contributed by atoms with Crippen molar-refractivity contribution in [2.75, 3.05) is 0 Å². The predicted octanol–water partition coefficient (Wildman–Crippen LogP) is 6.31. The molecule has 0 atom stereocenters. The number of benzene rings is 3. The molecule has 0 aliphatic heterocycles. The Labute approximate surface area is 129 Å². The number of hydrogen-bond donors (Lipinski definition) is 0. The molecule has 0 radical (unpaired) electrons. The molecule has 0 aliphatic rings. The molecule has 0 aromatic heterocycles. The molecule has 0 nitrogen and oxygen atoms in total. The van der Waals surface area contributed by atoms with E-state index in [-0.39, 0.29) is 0 Å². The average molecular weight is 298 g/mol. The number of halogens is 2. The van der Waals surface area contributed by atoms with E-state index in [0.29, 0.717) is 10.9 Å². The second kappa shape index (κ2) is 6.04. The predicted molar refractivity (Wildman–Crippen MR) is 89.3 cm³/mol. The summed E-state index contributed by atoms with van der Waals surface area (Å²) in [6.07, 6.45) is 4.61. The van der Waals surface area contributed by atoms with Crippen LogP contribution in [-0.2, 0) is 6.42 Å². The maximum Gasteiger partial charge on any atom is 0.166 e. The third kappa shape index (κ3) is 2.70. The highest BCUT2D eigenvalue weighted by molar-refractivity contribution is 5.99. The fraction of sp³-hybridized carbons (Fsp3) is 0.300. The van der Waals surface area contributed by atoms with Crippen LogP contribution in [0.3, 0.4) is 0 Å². The average Bonchev–Trinajstić information content (AvgIpc) is 2.52. The Hall–Kier alpha value is -1.96. The first-order valence-corrected chi connectivity index (χ1v) is 7.91. The van der Waals surface area contributed by atoms with Crippen LogP contribution in [0, 0.1) is 18.6 Å². The summed E-state index contributed by atoms with van der Waals surface area (Å²) in [4.78, 5) is 0. The Morgan fingerprint density at radius 3 is 2.41 bits per heavy atom. The van der Waals surface area contributed by atoms with Crippen molar-refractivity contribution in [3.8, 4) is 0 Å². The molecule has 114 valence electrons. The first-order chi connectivity index (χ1) is 10.6. The van der Waals surface area contributed by atoms with Crippen LogP contribution in [0.4, 0.5) is 8.78 Å². The first-order valence-electron chi connectivity index (χ1n) is 7.91. The largest absolute Gasteiger partial charge is 0.203 e. The third-order valence-corrected chi connectivity index (χ3v) is 4.29. The minimum atomic E-state index is -0.744. The van der Waals surface area contributed by atoms with E-state index in [9.17, 15) is 8.78 Å². The minimum absolute atomic E-state index is 0.348. The van der Waals surface area contributed by atoms with Crippen LogP contribution in [0.5, 0.6) is 0 Å². The molecule has 22 heavy (non-hydrogen) atoms. The van der Waals surface area contributed by atoms with Crippen molar-refractivity contribution in [2.45, 2.75) is 39.5 Å². The number of rotatable bonds is 4. The molecule has 3 aromatic rings. The molecule has 0 N–H and O–H groups in total. The Balaban J connectivity index is 2.10. The molecule has 0 amide bonds. The van der Waals surface area contributed by atoms with E-state index in [1.54, 1.807) is 19.1 Å². The summed E-state index contributed by atoms with van der Waals surface area (Å²) in [7, 11) is 0. The smallest absolute Gasteiger partial charge is 0.166 e. The fourth-order valence-electron chi connectivity index (χ4n) is 3.00. The van der Waals surface area contributed by atoms with Crippen LogP contribution >= 0.6 is 0 Å². The van der Waals surface area contributed by atoms with Gasteiger partial charge >= 0.3 is 0 Å². The van der Waals surface area contributed by atoms with Crippen LogP contribution in [0.25, 0.3) is 21.5 Å². The van der Waals surface area contributed by atoms with E-state index in [0.717, 1.165) is 29.0 Å². The summed E-state index contributed by atoms with van der Waals surface area (Å²) in [6.45, 7) is 3.78. The van der Waals surface area contributed by atoms with Crippen molar-refractivity contribution in [1.29, 1.82) is 0 Å². The van der Waals surface area contributed by atoms with Gasteiger partial charge < -0.3 is 0 Å². The van der Waals surface area contributed by atoms with E-state index in [1.807, 2.05) is 6.07 Å². The van der Waals surface area contributed by atoms with Gasteiger partial charge in [-0.15, -0.1) is 0 Å². The summed E-state index contributed by atoms with van der Waals surface area (Å²) in [5, 5.41) is 3.16. The highest BCUT2D eigenvalue weighted by Gasteiger charge is 2.11. The molecule has 0 spiro atoms. The van der Waals surface area contributed by atoms with E-state index >= 15 is 0 Å². The molecule has 0 heterocycles. The Morgan fingerprint density at radius 2 is 1.64 bits per heavy atom. The molecule has 0 saturated heterocycles. The molecule has 0 fully saturated rings. The van der Waals surface area contributed by atoms with Crippen molar-refractivity contribution >= 4 is 21.5 Å². The van der Waals surface area contributed by atoms with Crippen molar-refractivity contribution in [3.63, 3.8) is 0 Å². The number of unbranched alkanes of at least 4 members (excludes halogenated alkanes) is 2. The topological polar surface area (TPSA) is 0 Å². The van der Waals surface area contributed by atoms with Gasteiger partial charge in [0.15, 0.2) is 11.6 Å². The Bertz CT molecular complexity index is 834. The monoisotopic (exact) mass is 298 g/mol. The summed E-state index contributed by atoms with van der Waals surface area (Å²) in [5.74, 6) is -1.49. The van der Waals surface area contributed by atoms with Gasteiger partial charge in [0.1, 0.15) is 0 Å². The van der Waals surface area contributed by atoms with Gasteiger partial charge in [-0.05, 0) is 65.3 Å². The summed E-state index contributed by atoms with van der Waals surface area (Å²) >= 11 is 0. The molecule has 0 saturated carbocycles. The number of fused-ring (bicyclic) bond motifs is 2. The summed E-state index contributed by atoms with van der Waals surface area (Å²) in [5.41, 5.74) is 1.61. The lowest BCUT2D eigenvalue weighted by molar-refractivity contribution is 0.511. The lowest BCUT2D eigenvalue weighted by Crippen LogP contribution is -1.92. The molecule has 0 aliphatic carbocycles. The van der Waals surface area contributed by atoms with Gasteiger partial charge in [0.25, 0.3) is 0 Å². The summed E-state index contributed by atoms with van der Waals surface area (Å²) < 4.78 is 27.9. The van der Waals surface area contributed by atoms with Crippen molar-refractivity contribution in [3.05, 3.63) is 59.2 Å². The Kier molecular flexibility index (Phi) is 4.10. The fourth-order valence-corrected chi connectivity index (χ4v) is 3.00. The zero-order valence-electron chi connectivity index (χ0n) is 13.0. The minimum Gasteiger partial charge on any atom is -0.203 e. The maximum atomic E-state index is 14.2. The van der Waals surface area contributed by atoms with E-state index < -0.39 is 11.6 Å². The highest BCUT2D eigenvalue weighted by Crippen LogP contribution is 2.29. The van der Waals surface area contributed by atoms with Crippen molar-refractivity contribution in [2.24, 2.45) is 0 Å². The number of hydrogen-bond acceptors (Lipinski definition) is 0. The second-order valence-electron chi connectivity index (χ2n) is 6.03. The second-order valence-corrected chi connectivity index (χ2v) is 6.03. The van der Waals surface area contributed by atoms with Crippen LogP contribution in [-0.4, -0.2) is 0 Å². The summed E-state index contributed by atoms with van der Waals surface area (Å²) in [6, 6.07) is 11.7. The van der Waals surface area contributed by atoms with Gasteiger partial charge in [0, 0.05) is 5.39 Å². The lowest BCUT2D eigenvalue weighted by atomic mass is 9.98. The van der Waals surface area contributed by atoms with Crippen LogP contribution < -0.4 is 0 Å². The van der Waals surface area contributed by atoms with Gasteiger partial charge in [-0.25, -0.2) is 8.78 Å². The standard InChI is InChI=1S/C20H20F2/c1-3-4-5-6-14-7-8-15-11-17-9-13(2)19(21)20(22)18(17)12-16(15)10-14/h7-12H,3-6H2,1-2H3. The molecule has 2 heteroatoms. The van der Waals surface area contributed by atoms with Crippen molar-refractivity contribution < 1.29 is 8.78 Å². The van der Waals surface area contributed by atoms with Gasteiger partial charge in [0.2, 0.25) is 0 Å². The van der Waals surface area contributed by atoms with Gasteiger partial charge in [-0.3, -0.25) is 0 Å². The Morgan fingerprint density at radius 1 is 0.818 bits per heavy atom. The maximum absolute atomic E-state index is 14.2. The van der Waals surface area contributed by atoms with Crippen LogP contribution in [0.15, 0.2) is 36.4 Å². The third-order valence-electron chi connectivity index (χ3n) is 4.29. The van der Waals surface area contributed by atoms with E-state index in [4.69, 9.17) is 0 Å². The van der Waals surface area contributed by atoms with Gasteiger partial charge in [-0.2, -0.15) is 0 Å². The van der Waals surface area contributed by atoms with Gasteiger partial charge in [-0.1, -0.05) is 38.0 Å².